The van der Waals surface area contributed by atoms with Crippen molar-refractivity contribution in [2.45, 2.75) is 13.0 Å². The lowest BCUT2D eigenvalue weighted by Gasteiger charge is -2.23. The molecule has 24 heavy (non-hydrogen) atoms. The van der Waals surface area contributed by atoms with Crippen LogP contribution in [0.5, 0.6) is 0 Å². The molecule has 1 fully saturated rings. The molecule has 1 aliphatic heterocycles. The van der Waals surface area contributed by atoms with Crippen LogP contribution in [0.25, 0.3) is 6.08 Å². The second-order valence-corrected chi connectivity index (χ2v) is 7.82. The zero-order valence-electron chi connectivity index (χ0n) is 12.7. The highest BCUT2D eigenvalue weighted by Crippen LogP contribution is 2.38. The van der Waals surface area contributed by atoms with Crippen LogP contribution in [0.1, 0.15) is 24.1 Å². The Balaban J connectivity index is 1.90. The molecule has 3 rings (SSSR count). The van der Waals surface area contributed by atoms with Gasteiger partial charge in [0.2, 0.25) is 0 Å². The summed E-state index contributed by atoms with van der Waals surface area (Å²) >= 11 is 18.8. The normalized spacial score (nSPS) is 17.6. The summed E-state index contributed by atoms with van der Waals surface area (Å²) in [6.07, 6.45) is 1.76. The van der Waals surface area contributed by atoms with Gasteiger partial charge in [-0.1, -0.05) is 83.6 Å². The zero-order valence-corrected chi connectivity index (χ0v) is 15.8. The largest absolute Gasteiger partial charge is 0.286 e. The lowest BCUT2D eigenvalue weighted by molar-refractivity contribution is -0.123. The number of hydrogen-bond donors (Lipinski definition) is 0. The maximum atomic E-state index is 12.8. The Labute approximate surface area is 160 Å². The molecule has 0 saturated carbocycles. The minimum atomic E-state index is -0.120. The van der Waals surface area contributed by atoms with Crippen LogP contribution in [0, 0.1) is 0 Å². The monoisotopic (exact) mass is 393 g/mol. The van der Waals surface area contributed by atoms with Crippen LogP contribution in [-0.2, 0) is 4.79 Å². The Morgan fingerprint density at radius 1 is 1.17 bits per heavy atom. The molecular formula is C18H13Cl2NOS2. The first-order valence-corrected chi connectivity index (χ1v) is 9.22. The Bertz CT molecular complexity index is 836. The molecule has 0 aromatic heterocycles. The summed E-state index contributed by atoms with van der Waals surface area (Å²) in [5.74, 6) is -0.104. The lowest BCUT2D eigenvalue weighted by atomic mass is 10.1. The summed E-state index contributed by atoms with van der Waals surface area (Å²) in [7, 11) is 0. The van der Waals surface area contributed by atoms with Crippen molar-refractivity contribution in [2.75, 3.05) is 0 Å². The predicted molar refractivity (Wildman–Crippen MR) is 106 cm³/mol. The first kappa shape index (κ1) is 17.5. The van der Waals surface area contributed by atoms with Crippen LogP contribution in [0.2, 0.25) is 10.0 Å². The van der Waals surface area contributed by atoms with E-state index < -0.39 is 0 Å². The van der Waals surface area contributed by atoms with E-state index in [0.29, 0.717) is 19.3 Å². The Morgan fingerprint density at radius 3 is 2.54 bits per heavy atom. The number of carbonyl (C=O) groups is 1. The summed E-state index contributed by atoms with van der Waals surface area (Å²) in [5.41, 5.74) is 1.79. The van der Waals surface area contributed by atoms with Crippen molar-refractivity contribution in [1.82, 2.24) is 4.90 Å². The van der Waals surface area contributed by atoms with Gasteiger partial charge in [0.25, 0.3) is 5.91 Å². The summed E-state index contributed by atoms with van der Waals surface area (Å²) < 4.78 is 0.549. The maximum Gasteiger partial charge on any atom is 0.266 e. The Hall–Kier alpha value is -1.33. The van der Waals surface area contributed by atoms with Gasteiger partial charge in [0.05, 0.1) is 10.9 Å². The van der Waals surface area contributed by atoms with Gasteiger partial charge in [-0.25, -0.2) is 0 Å². The smallest absolute Gasteiger partial charge is 0.266 e. The highest BCUT2D eigenvalue weighted by atomic mass is 35.5. The molecule has 1 amide bonds. The summed E-state index contributed by atoms with van der Waals surface area (Å²) in [5, 5.41) is 1.06. The van der Waals surface area contributed by atoms with Gasteiger partial charge in [0.1, 0.15) is 4.32 Å². The molecule has 2 aromatic rings. The molecule has 122 valence electrons. The van der Waals surface area contributed by atoms with Crippen molar-refractivity contribution < 1.29 is 4.79 Å². The molecule has 0 N–H and O–H groups in total. The fourth-order valence-corrected chi connectivity index (χ4v) is 4.33. The number of amides is 1. The van der Waals surface area contributed by atoms with Crippen molar-refractivity contribution in [3.63, 3.8) is 0 Å². The molecule has 2 nitrogen and oxygen atoms in total. The number of rotatable bonds is 3. The van der Waals surface area contributed by atoms with Gasteiger partial charge < -0.3 is 0 Å². The van der Waals surface area contributed by atoms with E-state index in [1.54, 1.807) is 29.2 Å². The summed E-state index contributed by atoms with van der Waals surface area (Å²) in [6, 6.07) is 14.9. The molecular weight excluding hydrogens is 381 g/mol. The third kappa shape index (κ3) is 3.52. The molecule has 0 aliphatic carbocycles. The molecule has 1 aliphatic rings. The number of carbonyl (C=O) groups excluding carboxylic acids is 1. The summed E-state index contributed by atoms with van der Waals surface area (Å²) in [6.45, 7) is 1.97. The summed E-state index contributed by atoms with van der Waals surface area (Å²) in [4.78, 5) is 15.0. The molecule has 0 radical (unpaired) electrons. The Kier molecular flexibility index (Phi) is 5.30. The van der Waals surface area contributed by atoms with Crippen molar-refractivity contribution in [2.24, 2.45) is 0 Å². The minimum Gasteiger partial charge on any atom is -0.286 e. The molecule has 1 atom stereocenters. The number of hydrogen-bond acceptors (Lipinski definition) is 3. The van der Waals surface area contributed by atoms with Gasteiger partial charge in [0, 0.05) is 10.0 Å². The van der Waals surface area contributed by atoms with Crippen molar-refractivity contribution in [3.05, 3.63) is 74.6 Å². The van der Waals surface area contributed by atoms with Gasteiger partial charge in [-0.2, -0.15) is 0 Å². The lowest BCUT2D eigenvalue weighted by Crippen LogP contribution is -2.30. The van der Waals surface area contributed by atoms with E-state index in [1.165, 1.54) is 11.8 Å². The maximum absolute atomic E-state index is 12.8. The first-order chi connectivity index (χ1) is 11.5. The van der Waals surface area contributed by atoms with Crippen LogP contribution >= 0.6 is 47.2 Å². The fraction of sp³-hybridized carbons (Fsp3) is 0.111. The average molecular weight is 394 g/mol. The second-order valence-electron chi connectivity index (χ2n) is 5.30. The molecule has 0 spiro atoms. The third-order valence-corrected chi connectivity index (χ3v) is 5.63. The van der Waals surface area contributed by atoms with Crippen LogP contribution < -0.4 is 0 Å². The van der Waals surface area contributed by atoms with Crippen molar-refractivity contribution in [3.8, 4) is 0 Å². The topological polar surface area (TPSA) is 20.3 Å². The van der Waals surface area contributed by atoms with Crippen LogP contribution in [0.15, 0.2) is 53.4 Å². The quantitative estimate of drug-likeness (QED) is 0.474. The van der Waals surface area contributed by atoms with Gasteiger partial charge in [-0.3, -0.25) is 9.69 Å². The van der Waals surface area contributed by atoms with Crippen LogP contribution in [-0.4, -0.2) is 15.1 Å². The molecule has 2 aromatic carbocycles. The SMILES string of the molecule is CC(c1ccccc1)N1C(=O)/C(=C/c2ccc(Cl)cc2Cl)SC1=S. The van der Waals surface area contributed by atoms with E-state index in [9.17, 15) is 4.79 Å². The number of benzene rings is 2. The number of thioether (sulfide) groups is 1. The fourth-order valence-electron chi connectivity index (χ4n) is 2.45. The predicted octanol–water partition coefficient (Wildman–Crippen LogP) is 5.96. The van der Waals surface area contributed by atoms with E-state index in [0.717, 1.165) is 11.1 Å². The number of nitrogens with zero attached hydrogens (tertiary/aromatic N) is 1. The third-order valence-electron chi connectivity index (χ3n) is 3.74. The van der Waals surface area contributed by atoms with Crippen molar-refractivity contribution in [1.29, 1.82) is 0 Å². The molecule has 0 bridgehead atoms. The van der Waals surface area contributed by atoms with E-state index in [2.05, 4.69) is 0 Å². The molecule has 1 heterocycles. The van der Waals surface area contributed by atoms with E-state index in [-0.39, 0.29) is 11.9 Å². The van der Waals surface area contributed by atoms with Crippen molar-refractivity contribution >= 4 is 63.5 Å². The van der Waals surface area contributed by atoms with E-state index >= 15 is 0 Å². The zero-order chi connectivity index (χ0) is 17.3. The minimum absolute atomic E-state index is 0.104. The first-order valence-electron chi connectivity index (χ1n) is 7.24. The molecule has 1 saturated heterocycles. The molecule has 6 heteroatoms. The highest BCUT2D eigenvalue weighted by molar-refractivity contribution is 8.26. The number of thiocarbonyl (C=S) groups is 1. The van der Waals surface area contributed by atoms with E-state index in [1.807, 2.05) is 37.3 Å². The number of halogens is 2. The average Bonchev–Trinajstić information content (AvgIpc) is 2.84. The van der Waals surface area contributed by atoms with Crippen LogP contribution in [0.4, 0.5) is 0 Å². The van der Waals surface area contributed by atoms with Gasteiger partial charge in [-0.05, 0) is 36.3 Å². The van der Waals surface area contributed by atoms with Crippen LogP contribution in [0.3, 0.4) is 0 Å². The van der Waals surface area contributed by atoms with Gasteiger partial charge in [0.15, 0.2) is 0 Å². The molecule has 1 unspecified atom stereocenters. The Morgan fingerprint density at radius 2 is 1.88 bits per heavy atom. The second kappa shape index (κ2) is 7.28. The highest BCUT2D eigenvalue weighted by Gasteiger charge is 2.35. The van der Waals surface area contributed by atoms with Gasteiger partial charge >= 0.3 is 0 Å². The standard InChI is InChI=1S/C18H13Cl2NOS2/c1-11(12-5-3-2-4-6-12)21-17(22)16(24-18(21)23)9-13-7-8-14(19)10-15(13)20/h2-11H,1H3/b16-9-. The van der Waals surface area contributed by atoms with E-state index in [4.69, 9.17) is 35.4 Å². The van der Waals surface area contributed by atoms with Gasteiger partial charge in [-0.15, -0.1) is 0 Å².